The summed E-state index contributed by atoms with van der Waals surface area (Å²) in [4.78, 5) is 16.4. The van der Waals surface area contributed by atoms with Gasteiger partial charge in [0.15, 0.2) is 0 Å². The highest BCUT2D eigenvalue weighted by molar-refractivity contribution is 5.90. The fourth-order valence-corrected chi connectivity index (χ4v) is 2.04. The SMILES string of the molecule is CCCCCC(C)(C)CNC(=O)c1n[nH]c(C(C)(C)C)n1. The molecule has 1 heterocycles. The minimum absolute atomic E-state index is 0.105. The summed E-state index contributed by atoms with van der Waals surface area (Å²) in [6, 6.07) is 0. The Labute approximate surface area is 128 Å². The van der Waals surface area contributed by atoms with E-state index >= 15 is 0 Å². The molecule has 0 aromatic carbocycles. The number of aromatic nitrogens is 3. The van der Waals surface area contributed by atoms with Gasteiger partial charge in [0, 0.05) is 12.0 Å². The van der Waals surface area contributed by atoms with Crippen molar-refractivity contribution in [2.24, 2.45) is 5.41 Å². The fourth-order valence-electron chi connectivity index (χ4n) is 2.04. The van der Waals surface area contributed by atoms with E-state index in [1.165, 1.54) is 19.3 Å². The summed E-state index contributed by atoms with van der Waals surface area (Å²) in [6.07, 6.45) is 4.78. The minimum Gasteiger partial charge on any atom is -0.349 e. The van der Waals surface area contributed by atoms with Crippen LogP contribution in [0.3, 0.4) is 0 Å². The van der Waals surface area contributed by atoms with Crippen LogP contribution in [0.2, 0.25) is 0 Å². The largest absolute Gasteiger partial charge is 0.349 e. The van der Waals surface area contributed by atoms with Crippen molar-refractivity contribution in [1.82, 2.24) is 20.5 Å². The predicted octanol–water partition coefficient (Wildman–Crippen LogP) is 3.44. The molecule has 5 nitrogen and oxygen atoms in total. The maximum atomic E-state index is 12.1. The Balaban J connectivity index is 2.52. The van der Waals surface area contributed by atoms with Crippen LogP contribution in [-0.4, -0.2) is 27.6 Å². The molecule has 1 rings (SSSR count). The van der Waals surface area contributed by atoms with Gasteiger partial charge in [-0.3, -0.25) is 9.89 Å². The molecule has 0 radical (unpaired) electrons. The number of unbranched alkanes of at least 4 members (excludes halogenated alkanes) is 2. The molecule has 0 aliphatic carbocycles. The smallest absolute Gasteiger partial charge is 0.290 e. The van der Waals surface area contributed by atoms with Gasteiger partial charge < -0.3 is 5.32 Å². The zero-order valence-corrected chi connectivity index (χ0v) is 14.3. The minimum atomic E-state index is -0.203. The number of nitrogens with zero attached hydrogens (tertiary/aromatic N) is 2. The van der Waals surface area contributed by atoms with Gasteiger partial charge in [-0.15, -0.1) is 5.10 Å². The molecule has 1 aromatic heterocycles. The number of hydrogen-bond acceptors (Lipinski definition) is 3. The van der Waals surface area contributed by atoms with Gasteiger partial charge in [-0.2, -0.15) is 0 Å². The highest BCUT2D eigenvalue weighted by Gasteiger charge is 2.23. The Hall–Kier alpha value is -1.39. The first-order chi connectivity index (χ1) is 9.65. The number of carbonyl (C=O) groups is 1. The predicted molar refractivity (Wildman–Crippen MR) is 85.3 cm³/mol. The Bertz CT molecular complexity index is 457. The molecule has 2 N–H and O–H groups in total. The lowest BCUT2D eigenvalue weighted by molar-refractivity contribution is 0.0924. The number of aromatic amines is 1. The molecule has 0 unspecified atom stereocenters. The van der Waals surface area contributed by atoms with E-state index in [9.17, 15) is 4.79 Å². The van der Waals surface area contributed by atoms with Crippen LogP contribution in [0.25, 0.3) is 0 Å². The van der Waals surface area contributed by atoms with E-state index in [1.807, 2.05) is 20.8 Å². The van der Waals surface area contributed by atoms with E-state index < -0.39 is 0 Å². The lowest BCUT2D eigenvalue weighted by Crippen LogP contribution is -2.34. The summed E-state index contributed by atoms with van der Waals surface area (Å²) >= 11 is 0. The first-order valence-electron chi connectivity index (χ1n) is 7.87. The number of H-pyrrole nitrogens is 1. The third kappa shape index (κ3) is 5.86. The molecular weight excluding hydrogens is 264 g/mol. The second-order valence-electron chi connectivity index (χ2n) is 7.56. The van der Waals surface area contributed by atoms with Crippen molar-refractivity contribution in [1.29, 1.82) is 0 Å². The molecule has 0 bridgehead atoms. The Morgan fingerprint density at radius 2 is 1.86 bits per heavy atom. The zero-order valence-electron chi connectivity index (χ0n) is 14.3. The monoisotopic (exact) mass is 294 g/mol. The maximum Gasteiger partial charge on any atom is 0.290 e. The van der Waals surface area contributed by atoms with Gasteiger partial charge in [-0.25, -0.2) is 4.98 Å². The molecule has 0 atom stereocenters. The molecule has 120 valence electrons. The summed E-state index contributed by atoms with van der Waals surface area (Å²) in [6.45, 7) is 13.3. The average Bonchev–Trinajstić information content (AvgIpc) is 2.85. The van der Waals surface area contributed by atoms with E-state index in [2.05, 4.69) is 41.3 Å². The quantitative estimate of drug-likeness (QED) is 0.757. The number of rotatable bonds is 7. The number of hydrogen-bond donors (Lipinski definition) is 2. The van der Waals surface area contributed by atoms with Crippen molar-refractivity contribution in [2.75, 3.05) is 6.54 Å². The van der Waals surface area contributed by atoms with Crippen LogP contribution in [0.15, 0.2) is 0 Å². The summed E-state index contributed by atoms with van der Waals surface area (Å²) in [5.74, 6) is 0.754. The van der Waals surface area contributed by atoms with Gasteiger partial charge in [0.1, 0.15) is 5.82 Å². The van der Waals surface area contributed by atoms with E-state index in [1.54, 1.807) is 0 Å². The summed E-state index contributed by atoms with van der Waals surface area (Å²) < 4.78 is 0. The standard InChI is InChI=1S/C16H30N4O/c1-7-8-9-10-16(5,6)11-17-13(21)12-18-14(20-19-12)15(2,3)4/h7-11H2,1-6H3,(H,17,21)(H,18,19,20). The Morgan fingerprint density at radius 3 is 2.38 bits per heavy atom. The van der Waals surface area contributed by atoms with Crippen molar-refractivity contribution in [2.45, 2.75) is 72.6 Å². The normalized spacial score (nSPS) is 12.5. The summed E-state index contributed by atoms with van der Waals surface area (Å²) in [7, 11) is 0. The second-order valence-corrected chi connectivity index (χ2v) is 7.56. The van der Waals surface area contributed by atoms with Gasteiger partial charge in [0.25, 0.3) is 5.91 Å². The number of carbonyl (C=O) groups excluding carboxylic acids is 1. The van der Waals surface area contributed by atoms with Gasteiger partial charge in [0.2, 0.25) is 5.82 Å². The first-order valence-corrected chi connectivity index (χ1v) is 7.87. The molecule has 0 aliphatic rings. The molecule has 0 aliphatic heterocycles. The van der Waals surface area contributed by atoms with Crippen molar-refractivity contribution < 1.29 is 4.79 Å². The van der Waals surface area contributed by atoms with Crippen LogP contribution < -0.4 is 5.32 Å². The number of nitrogens with one attached hydrogen (secondary N) is 2. The maximum absolute atomic E-state index is 12.1. The van der Waals surface area contributed by atoms with Crippen molar-refractivity contribution >= 4 is 5.91 Å². The molecular formula is C16H30N4O. The molecule has 1 aromatic rings. The van der Waals surface area contributed by atoms with Crippen molar-refractivity contribution in [3.05, 3.63) is 11.6 Å². The van der Waals surface area contributed by atoms with Gasteiger partial charge in [-0.05, 0) is 11.8 Å². The first kappa shape index (κ1) is 17.7. The molecule has 5 heteroatoms. The van der Waals surface area contributed by atoms with Gasteiger partial charge in [-0.1, -0.05) is 60.8 Å². The molecule has 0 fully saturated rings. The highest BCUT2D eigenvalue weighted by atomic mass is 16.2. The average molecular weight is 294 g/mol. The Morgan fingerprint density at radius 1 is 1.19 bits per heavy atom. The summed E-state index contributed by atoms with van der Waals surface area (Å²) in [5, 5.41) is 9.80. The highest BCUT2D eigenvalue weighted by Crippen LogP contribution is 2.23. The number of amides is 1. The molecule has 0 spiro atoms. The Kier molecular flexibility index (Phi) is 5.93. The van der Waals surface area contributed by atoms with Gasteiger partial charge >= 0.3 is 0 Å². The zero-order chi connectivity index (χ0) is 16.1. The van der Waals surface area contributed by atoms with Gasteiger partial charge in [0.05, 0.1) is 0 Å². The molecule has 0 saturated heterocycles. The topological polar surface area (TPSA) is 70.7 Å². The lowest BCUT2D eigenvalue weighted by Gasteiger charge is -2.24. The van der Waals surface area contributed by atoms with Crippen LogP contribution in [-0.2, 0) is 5.41 Å². The fraction of sp³-hybridized carbons (Fsp3) is 0.812. The van der Waals surface area contributed by atoms with E-state index in [4.69, 9.17) is 0 Å². The molecule has 1 amide bonds. The summed E-state index contributed by atoms with van der Waals surface area (Å²) in [5.41, 5.74) is -0.0288. The molecule has 21 heavy (non-hydrogen) atoms. The lowest BCUT2D eigenvalue weighted by atomic mass is 9.87. The molecule has 0 saturated carbocycles. The van der Waals surface area contributed by atoms with Crippen LogP contribution in [0.1, 0.15) is 83.7 Å². The third-order valence-electron chi connectivity index (χ3n) is 3.58. The third-order valence-corrected chi connectivity index (χ3v) is 3.58. The van der Waals surface area contributed by atoms with Crippen LogP contribution in [0, 0.1) is 5.41 Å². The van der Waals surface area contributed by atoms with Crippen molar-refractivity contribution in [3.63, 3.8) is 0 Å². The van der Waals surface area contributed by atoms with E-state index in [-0.39, 0.29) is 22.6 Å². The van der Waals surface area contributed by atoms with Crippen LogP contribution >= 0.6 is 0 Å². The van der Waals surface area contributed by atoms with Crippen molar-refractivity contribution in [3.8, 4) is 0 Å². The second kappa shape index (κ2) is 7.05. The van der Waals surface area contributed by atoms with E-state index in [0.717, 1.165) is 12.2 Å². The van der Waals surface area contributed by atoms with Crippen LogP contribution in [0.4, 0.5) is 0 Å². The van der Waals surface area contributed by atoms with E-state index in [0.29, 0.717) is 6.54 Å². The van der Waals surface area contributed by atoms with Crippen LogP contribution in [0.5, 0.6) is 0 Å².